The Labute approximate surface area is 88.0 Å². The van der Waals surface area contributed by atoms with Crippen molar-refractivity contribution in [1.82, 2.24) is 4.90 Å². The van der Waals surface area contributed by atoms with Crippen molar-refractivity contribution in [1.29, 1.82) is 0 Å². The van der Waals surface area contributed by atoms with Crippen LogP contribution in [0.15, 0.2) is 30.5 Å². The van der Waals surface area contributed by atoms with Crippen molar-refractivity contribution in [2.75, 3.05) is 13.6 Å². The Kier molecular flexibility index (Phi) is 2.41. The van der Waals surface area contributed by atoms with Gasteiger partial charge in [0, 0.05) is 18.2 Å². The van der Waals surface area contributed by atoms with E-state index in [1.54, 1.807) is 0 Å². The summed E-state index contributed by atoms with van der Waals surface area (Å²) in [6, 6.07) is 7.63. The molecule has 0 unspecified atom stereocenters. The van der Waals surface area contributed by atoms with Crippen molar-refractivity contribution in [2.24, 2.45) is 0 Å². The van der Waals surface area contributed by atoms with Crippen LogP contribution in [0, 0.1) is 10.1 Å². The van der Waals surface area contributed by atoms with E-state index in [0.29, 0.717) is 0 Å². The molecule has 0 saturated carbocycles. The number of hydrogen-bond donors (Lipinski definition) is 0. The van der Waals surface area contributed by atoms with Gasteiger partial charge in [-0.2, -0.15) is 0 Å². The Morgan fingerprint density at radius 2 is 2.20 bits per heavy atom. The molecule has 4 heteroatoms. The minimum absolute atomic E-state index is 0.0577. The lowest BCUT2D eigenvalue weighted by molar-refractivity contribution is -0.487. The Morgan fingerprint density at radius 3 is 2.93 bits per heavy atom. The van der Waals surface area contributed by atoms with Crippen LogP contribution >= 0.6 is 0 Å². The molecule has 0 amide bonds. The Bertz CT molecular complexity index is 415. The van der Waals surface area contributed by atoms with E-state index in [-0.39, 0.29) is 17.5 Å². The number of rotatable bonds is 2. The van der Waals surface area contributed by atoms with Crippen molar-refractivity contribution < 1.29 is 4.92 Å². The number of benzene rings is 1. The molecule has 1 aromatic rings. The first-order chi connectivity index (χ1) is 7.18. The van der Waals surface area contributed by atoms with E-state index in [4.69, 9.17) is 0 Å². The number of nitrogens with zero attached hydrogens (tertiary/aromatic N) is 2. The maximum absolute atomic E-state index is 10.6. The second-order valence-corrected chi connectivity index (χ2v) is 3.64. The van der Waals surface area contributed by atoms with Crippen LogP contribution in [-0.2, 0) is 0 Å². The summed E-state index contributed by atoms with van der Waals surface area (Å²) in [5.74, 6) is 0. The summed E-state index contributed by atoms with van der Waals surface area (Å²) in [5.41, 5.74) is 2.10. The third-order valence-electron chi connectivity index (χ3n) is 2.66. The average molecular weight is 204 g/mol. The molecular weight excluding hydrogens is 192 g/mol. The lowest BCUT2D eigenvalue weighted by Gasteiger charge is -2.28. The Morgan fingerprint density at radius 1 is 1.47 bits per heavy atom. The van der Waals surface area contributed by atoms with Gasteiger partial charge in [0.1, 0.15) is 6.04 Å². The highest BCUT2D eigenvalue weighted by molar-refractivity contribution is 5.56. The van der Waals surface area contributed by atoms with Crippen LogP contribution < -0.4 is 0 Å². The molecule has 1 aliphatic heterocycles. The minimum atomic E-state index is -0.267. The van der Waals surface area contributed by atoms with Gasteiger partial charge in [0.25, 0.3) is 0 Å². The molecule has 1 atom stereocenters. The SMILES string of the molecule is CN1C=Cc2ccccc2[C@H]1C[N+](=O)[O-]. The molecule has 0 saturated heterocycles. The van der Waals surface area contributed by atoms with E-state index in [9.17, 15) is 10.1 Å². The highest BCUT2D eigenvalue weighted by Crippen LogP contribution is 2.28. The molecule has 78 valence electrons. The van der Waals surface area contributed by atoms with Gasteiger partial charge in [0.15, 0.2) is 0 Å². The quantitative estimate of drug-likeness (QED) is 0.546. The number of fused-ring (bicyclic) bond motifs is 1. The van der Waals surface area contributed by atoms with Gasteiger partial charge < -0.3 is 4.90 Å². The molecule has 0 aromatic heterocycles. The molecule has 15 heavy (non-hydrogen) atoms. The molecule has 1 aromatic carbocycles. The molecule has 0 radical (unpaired) electrons. The molecule has 0 N–H and O–H groups in total. The molecule has 1 heterocycles. The zero-order valence-corrected chi connectivity index (χ0v) is 8.46. The van der Waals surface area contributed by atoms with Crippen LogP contribution in [0.1, 0.15) is 17.2 Å². The van der Waals surface area contributed by atoms with Gasteiger partial charge >= 0.3 is 0 Å². The van der Waals surface area contributed by atoms with Gasteiger partial charge in [-0.25, -0.2) is 0 Å². The second kappa shape index (κ2) is 3.73. The van der Waals surface area contributed by atoms with Crippen LogP contribution in [0.3, 0.4) is 0 Å². The number of likely N-dealkylation sites (N-methyl/N-ethyl adjacent to an activating group) is 1. The largest absolute Gasteiger partial charge is 0.367 e. The van der Waals surface area contributed by atoms with Crippen LogP contribution in [0.25, 0.3) is 6.08 Å². The van der Waals surface area contributed by atoms with E-state index < -0.39 is 0 Å². The van der Waals surface area contributed by atoms with E-state index in [1.807, 2.05) is 48.5 Å². The molecule has 0 spiro atoms. The monoisotopic (exact) mass is 204 g/mol. The third-order valence-corrected chi connectivity index (χ3v) is 2.66. The summed E-state index contributed by atoms with van der Waals surface area (Å²) < 4.78 is 0. The molecule has 0 fully saturated rings. The normalized spacial score (nSPS) is 18.7. The van der Waals surface area contributed by atoms with E-state index in [1.165, 1.54) is 0 Å². The summed E-state index contributed by atoms with van der Waals surface area (Å²) in [7, 11) is 1.86. The summed E-state index contributed by atoms with van der Waals surface area (Å²) in [6.07, 6.45) is 3.86. The van der Waals surface area contributed by atoms with Gasteiger partial charge in [0.05, 0.1) is 0 Å². The second-order valence-electron chi connectivity index (χ2n) is 3.64. The summed E-state index contributed by atoms with van der Waals surface area (Å²) in [6.45, 7) is -0.0577. The zero-order valence-electron chi connectivity index (χ0n) is 8.46. The fourth-order valence-corrected chi connectivity index (χ4v) is 1.86. The number of nitro groups is 1. The van der Waals surface area contributed by atoms with Crippen molar-refractivity contribution in [3.8, 4) is 0 Å². The highest BCUT2D eigenvalue weighted by Gasteiger charge is 2.24. The number of hydrogen-bond acceptors (Lipinski definition) is 3. The van der Waals surface area contributed by atoms with Crippen molar-refractivity contribution >= 4 is 6.08 Å². The summed E-state index contributed by atoms with van der Waals surface area (Å²) >= 11 is 0. The Hall–Kier alpha value is -1.84. The molecule has 2 rings (SSSR count). The van der Waals surface area contributed by atoms with E-state index >= 15 is 0 Å². The van der Waals surface area contributed by atoms with Crippen molar-refractivity contribution in [3.05, 3.63) is 51.7 Å². The molecular formula is C11H12N2O2. The third kappa shape index (κ3) is 1.83. The average Bonchev–Trinajstić information content (AvgIpc) is 2.22. The molecule has 4 nitrogen and oxygen atoms in total. The van der Waals surface area contributed by atoms with Gasteiger partial charge in [-0.3, -0.25) is 10.1 Å². The summed E-state index contributed by atoms with van der Waals surface area (Å²) in [5, 5.41) is 10.6. The molecule has 0 aliphatic carbocycles. The van der Waals surface area contributed by atoms with Gasteiger partial charge in [-0.1, -0.05) is 24.3 Å². The van der Waals surface area contributed by atoms with Gasteiger partial charge in [-0.15, -0.1) is 0 Å². The first-order valence-electron chi connectivity index (χ1n) is 4.79. The maximum atomic E-state index is 10.6. The predicted molar refractivity (Wildman–Crippen MR) is 57.8 cm³/mol. The van der Waals surface area contributed by atoms with Gasteiger partial charge in [-0.05, 0) is 17.2 Å². The fourth-order valence-electron chi connectivity index (χ4n) is 1.86. The van der Waals surface area contributed by atoms with E-state index in [2.05, 4.69) is 0 Å². The smallest absolute Gasteiger partial charge is 0.228 e. The van der Waals surface area contributed by atoms with Crippen LogP contribution in [0.4, 0.5) is 0 Å². The molecule has 1 aliphatic rings. The van der Waals surface area contributed by atoms with Crippen molar-refractivity contribution in [3.63, 3.8) is 0 Å². The highest BCUT2D eigenvalue weighted by atomic mass is 16.6. The van der Waals surface area contributed by atoms with Crippen LogP contribution in [0.2, 0.25) is 0 Å². The molecule has 0 bridgehead atoms. The van der Waals surface area contributed by atoms with Crippen LogP contribution in [0.5, 0.6) is 0 Å². The summed E-state index contributed by atoms with van der Waals surface area (Å²) in [4.78, 5) is 12.2. The van der Waals surface area contributed by atoms with E-state index in [0.717, 1.165) is 11.1 Å². The zero-order chi connectivity index (χ0) is 10.8. The fraction of sp³-hybridized carbons (Fsp3) is 0.273. The van der Waals surface area contributed by atoms with Gasteiger partial charge in [0.2, 0.25) is 6.54 Å². The minimum Gasteiger partial charge on any atom is -0.367 e. The standard InChI is InChI=1S/C11H12N2O2/c1-12-7-6-9-4-2-3-5-10(9)11(12)8-13(14)15/h2-7,11H,8H2,1H3/t11-/m1/s1. The first-order valence-corrected chi connectivity index (χ1v) is 4.79. The predicted octanol–water partition coefficient (Wildman–Crippen LogP) is 1.92. The topological polar surface area (TPSA) is 46.4 Å². The Balaban J connectivity index is 2.38. The first kappa shape index (κ1) is 9.71. The lowest BCUT2D eigenvalue weighted by Crippen LogP contribution is -2.28. The maximum Gasteiger partial charge on any atom is 0.228 e. The van der Waals surface area contributed by atoms with Crippen LogP contribution in [-0.4, -0.2) is 23.4 Å². The van der Waals surface area contributed by atoms with Crippen molar-refractivity contribution in [2.45, 2.75) is 6.04 Å². The lowest BCUT2D eigenvalue weighted by atomic mass is 9.97.